The number of carbonyl (C=O) groups excluding carboxylic acids is 1. The van der Waals surface area contributed by atoms with Crippen molar-refractivity contribution < 1.29 is 19.4 Å². The minimum absolute atomic E-state index is 0.104. The molecule has 0 aliphatic carbocycles. The van der Waals surface area contributed by atoms with Gasteiger partial charge < -0.3 is 15.2 Å². The lowest BCUT2D eigenvalue weighted by Crippen LogP contribution is -2.53. The topological polar surface area (TPSA) is 93.5 Å². The van der Waals surface area contributed by atoms with Crippen LogP contribution in [0.5, 0.6) is 0 Å². The van der Waals surface area contributed by atoms with Crippen LogP contribution >= 0.6 is 0 Å². The van der Waals surface area contributed by atoms with Gasteiger partial charge in [-0.25, -0.2) is 4.68 Å². The molecule has 0 saturated carbocycles. The molecule has 0 unspecified atom stereocenters. The number of aliphatic carboxylic acids is 1. The summed E-state index contributed by atoms with van der Waals surface area (Å²) in [6, 6.07) is 8.99. The van der Waals surface area contributed by atoms with E-state index >= 15 is 0 Å². The Hall–Kier alpha value is -2.67. The summed E-state index contributed by atoms with van der Waals surface area (Å²) in [5.74, 6) is -1.20. The number of aryl methyl sites for hydroxylation is 1. The molecule has 0 radical (unpaired) electrons. The number of benzene rings is 1. The van der Waals surface area contributed by atoms with Crippen LogP contribution in [0.2, 0.25) is 0 Å². The molecular weight excluding hydrogens is 322 g/mol. The number of amides is 1. The molecule has 1 aliphatic heterocycles. The Morgan fingerprint density at radius 2 is 1.92 bits per heavy atom. The van der Waals surface area contributed by atoms with E-state index in [9.17, 15) is 14.7 Å². The van der Waals surface area contributed by atoms with Crippen LogP contribution < -0.4 is 5.32 Å². The maximum Gasteiger partial charge on any atom is 0.305 e. The zero-order chi connectivity index (χ0) is 17.9. The summed E-state index contributed by atoms with van der Waals surface area (Å²) in [5, 5.41) is 16.3. The molecular formula is C18H21N3O4. The predicted octanol–water partition coefficient (Wildman–Crippen LogP) is 1.93. The van der Waals surface area contributed by atoms with Crippen molar-refractivity contribution in [3.63, 3.8) is 0 Å². The number of carbonyl (C=O) groups is 2. The van der Waals surface area contributed by atoms with E-state index in [1.165, 1.54) is 0 Å². The second-order valence-corrected chi connectivity index (χ2v) is 6.35. The van der Waals surface area contributed by atoms with Crippen LogP contribution in [-0.2, 0) is 9.53 Å². The van der Waals surface area contributed by atoms with E-state index in [0.29, 0.717) is 31.6 Å². The Labute approximate surface area is 145 Å². The Morgan fingerprint density at radius 1 is 1.24 bits per heavy atom. The molecule has 7 heteroatoms. The summed E-state index contributed by atoms with van der Waals surface area (Å²) >= 11 is 0. The van der Waals surface area contributed by atoms with E-state index in [1.807, 2.05) is 25.1 Å². The fraction of sp³-hybridized carbons (Fsp3) is 0.389. The highest BCUT2D eigenvalue weighted by Crippen LogP contribution is 2.25. The van der Waals surface area contributed by atoms with E-state index in [0.717, 1.165) is 11.4 Å². The number of carboxylic acids is 1. The lowest BCUT2D eigenvalue weighted by atomic mass is 9.86. The first-order valence-electron chi connectivity index (χ1n) is 8.22. The lowest BCUT2D eigenvalue weighted by molar-refractivity contribution is -0.139. The Bertz CT molecular complexity index is 761. The zero-order valence-electron chi connectivity index (χ0n) is 14.1. The van der Waals surface area contributed by atoms with Gasteiger partial charge in [0.15, 0.2) is 0 Å². The van der Waals surface area contributed by atoms with Gasteiger partial charge in [-0.15, -0.1) is 0 Å². The first-order valence-corrected chi connectivity index (χ1v) is 8.22. The minimum atomic E-state index is -0.924. The van der Waals surface area contributed by atoms with Crippen molar-refractivity contribution in [2.45, 2.75) is 31.7 Å². The molecule has 2 aromatic rings. The third-order valence-corrected chi connectivity index (χ3v) is 4.52. The second kappa shape index (κ2) is 7.06. The smallest absolute Gasteiger partial charge is 0.305 e. The number of aromatic nitrogens is 2. The first kappa shape index (κ1) is 17.2. The van der Waals surface area contributed by atoms with Gasteiger partial charge in [-0.3, -0.25) is 9.59 Å². The van der Waals surface area contributed by atoms with Crippen molar-refractivity contribution in [2.75, 3.05) is 13.2 Å². The number of nitrogens with one attached hydrogen (secondary N) is 1. The monoisotopic (exact) mass is 343 g/mol. The minimum Gasteiger partial charge on any atom is -0.481 e. The van der Waals surface area contributed by atoms with Crippen molar-refractivity contribution in [3.05, 3.63) is 47.8 Å². The summed E-state index contributed by atoms with van der Waals surface area (Å²) in [4.78, 5) is 23.8. The Kier molecular flexibility index (Phi) is 4.85. The molecule has 0 atom stereocenters. The van der Waals surface area contributed by atoms with Gasteiger partial charge >= 0.3 is 5.97 Å². The fourth-order valence-electron chi connectivity index (χ4n) is 3.10. The summed E-state index contributed by atoms with van der Waals surface area (Å²) in [5.41, 5.74) is 1.60. The molecule has 1 aromatic heterocycles. The van der Waals surface area contributed by atoms with Crippen LogP contribution in [0, 0.1) is 6.92 Å². The van der Waals surface area contributed by atoms with Crippen molar-refractivity contribution >= 4 is 11.9 Å². The zero-order valence-corrected chi connectivity index (χ0v) is 14.1. The number of nitrogens with zero attached hydrogens (tertiary/aromatic N) is 2. The van der Waals surface area contributed by atoms with E-state index in [-0.39, 0.29) is 12.3 Å². The van der Waals surface area contributed by atoms with Gasteiger partial charge in [0.2, 0.25) is 0 Å². The average molecular weight is 343 g/mol. The van der Waals surface area contributed by atoms with Gasteiger partial charge in [0.25, 0.3) is 5.91 Å². The van der Waals surface area contributed by atoms with Crippen LogP contribution in [0.15, 0.2) is 36.5 Å². The number of ether oxygens (including phenoxy) is 1. The standard InChI is InChI=1S/C18H21N3O4/c1-13-6-9-19-21(13)15-4-2-14(3-5-15)17(24)20-18(12-16(22)23)7-10-25-11-8-18/h2-6,9H,7-8,10-12H2,1H3,(H,20,24)(H,22,23). The molecule has 3 rings (SSSR count). The third kappa shape index (κ3) is 3.88. The molecule has 0 bridgehead atoms. The number of hydrogen-bond donors (Lipinski definition) is 2. The number of rotatable bonds is 5. The molecule has 0 spiro atoms. The van der Waals surface area contributed by atoms with Crippen LogP contribution in [-0.4, -0.2) is 45.5 Å². The average Bonchev–Trinajstić information content (AvgIpc) is 3.01. The van der Waals surface area contributed by atoms with Crippen LogP contribution in [0.4, 0.5) is 0 Å². The molecule has 132 valence electrons. The summed E-state index contributed by atoms with van der Waals surface area (Å²) < 4.78 is 7.09. The van der Waals surface area contributed by atoms with Crippen molar-refractivity contribution in [1.82, 2.24) is 15.1 Å². The summed E-state index contributed by atoms with van der Waals surface area (Å²) in [7, 11) is 0. The maximum atomic E-state index is 12.6. The van der Waals surface area contributed by atoms with E-state index in [1.54, 1.807) is 23.0 Å². The van der Waals surface area contributed by atoms with Crippen LogP contribution in [0.3, 0.4) is 0 Å². The number of hydrogen-bond acceptors (Lipinski definition) is 4. The third-order valence-electron chi connectivity index (χ3n) is 4.52. The van der Waals surface area contributed by atoms with Crippen molar-refractivity contribution in [1.29, 1.82) is 0 Å². The van der Waals surface area contributed by atoms with Crippen LogP contribution in [0.25, 0.3) is 5.69 Å². The van der Waals surface area contributed by atoms with Crippen LogP contribution in [0.1, 0.15) is 35.3 Å². The van der Waals surface area contributed by atoms with Gasteiger partial charge in [0, 0.05) is 30.7 Å². The maximum absolute atomic E-state index is 12.6. The molecule has 7 nitrogen and oxygen atoms in total. The molecule has 25 heavy (non-hydrogen) atoms. The fourth-order valence-corrected chi connectivity index (χ4v) is 3.10. The SMILES string of the molecule is Cc1ccnn1-c1ccc(C(=O)NC2(CC(=O)O)CCOCC2)cc1. The second-order valence-electron chi connectivity index (χ2n) is 6.35. The molecule has 1 fully saturated rings. The van der Waals surface area contributed by atoms with Gasteiger partial charge in [0.1, 0.15) is 0 Å². The van der Waals surface area contributed by atoms with Gasteiger partial charge in [-0.1, -0.05) is 0 Å². The largest absolute Gasteiger partial charge is 0.481 e. The Balaban J connectivity index is 1.75. The molecule has 1 aromatic carbocycles. The predicted molar refractivity (Wildman–Crippen MR) is 90.8 cm³/mol. The lowest BCUT2D eigenvalue weighted by Gasteiger charge is -2.36. The van der Waals surface area contributed by atoms with Crippen molar-refractivity contribution in [3.8, 4) is 5.69 Å². The first-order chi connectivity index (χ1) is 12.0. The molecule has 2 N–H and O–H groups in total. The molecule has 1 saturated heterocycles. The normalized spacial score (nSPS) is 16.4. The molecule has 1 amide bonds. The van der Waals surface area contributed by atoms with Crippen molar-refractivity contribution in [2.24, 2.45) is 0 Å². The van der Waals surface area contributed by atoms with E-state index < -0.39 is 11.5 Å². The highest BCUT2D eigenvalue weighted by Gasteiger charge is 2.36. The molecule has 2 heterocycles. The Morgan fingerprint density at radius 3 is 2.48 bits per heavy atom. The molecule has 1 aliphatic rings. The summed E-state index contributed by atoms with van der Waals surface area (Å²) in [6.07, 6.45) is 2.61. The summed E-state index contributed by atoms with van der Waals surface area (Å²) in [6.45, 7) is 2.85. The highest BCUT2D eigenvalue weighted by atomic mass is 16.5. The quantitative estimate of drug-likeness (QED) is 0.865. The van der Waals surface area contributed by atoms with Gasteiger partial charge in [-0.2, -0.15) is 5.10 Å². The van der Waals surface area contributed by atoms with Gasteiger partial charge in [0.05, 0.1) is 17.6 Å². The van der Waals surface area contributed by atoms with E-state index in [4.69, 9.17) is 4.74 Å². The number of carboxylic acid groups (broad SMARTS) is 1. The van der Waals surface area contributed by atoms with Gasteiger partial charge in [-0.05, 0) is 50.1 Å². The van der Waals surface area contributed by atoms with E-state index in [2.05, 4.69) is 10.4 Å². The highest BCUT2D eigenvalue weighted by molar-refractivity contribution is 5.95.